The van der Waals surface area contributed by atoms with Crippen LogP contribution >= 0.6 is 11.6 Å². The molecule has 0 bridgehead atoms. The molecule has 0 heterocycles. The number of nitrogens with two attached hydrogens (primary N) is 1. The molecular weight excluding hydrogens is 204 g/mol. The normalized spacial score (nSPS) is 9.64. The number of hydrogen-bond donors (Lipinski definition) is 2. The van der Waals surface area contributed by atoms with Gasteiger partial charge in [-0.25, -0.2) is 5.84 Å². The van der Waals surface area contributed by atoms with Crippen molar-refractivity contribution in [2.45, 2.75) is 6.42 Å². The minimum atomic E-state index is -0.273. The van der Waals surface area contributed by atoms with Gasteiger partial charge >= 0.3 is 0 Å². The molecule has 0 aliphatic carbocycles. The predicted octanol–water partition coefficient (Wildman–Crippen LogP) is 0.881. The summed E-state index contributed by atoms with van der Waals surface area (Å²) in [6, 6.07) is 5.08. The number of halogens is 1. The number of nitrogens with one attached hydrogen (secondary N) is 1. The van der Waals surface area contributed by atoms with Gasteiger partial charge in [0.05, 0.1) is 13.5 Å². The lowest BCUT2D eigenvalue weighted by Crippen LogP contribution is -2.31. The van der Waals surface area contributed by atoms with Gasteiger partial charge < -0.3 is 4.74 Å². The summed E-state index contributed by atoms with van der Waals surface area (Å²) in [5.41, 5.74) is 2.80. The van der Waals surface area contributed by atoms with E-state index in [-0.39, 0.29) is 12.3 Å². The van der Waals surface area contributed by atoms with Crippen LogP contribution in [0.4, 0.5) is 0 Å². The Bertz CT molecular complexity index is 342. The Morgan fingerprint density at radius 3 is 2.93 bits per heavy atom. The van der Waals surface area contributed by atoms with Gasteiger partial charge in [-0.15, -0.1) is 0 Å². The Labute approximate surface area is 87.0 Å². The van der Waals surface area contributed by atoms with Crippen LogP contribution in [0, 0.1) is 0 Å². The van der Waals surface area contributed by atoms with Crippen molar-refractivity contribution >= 4 is 17.5 Å². The number of amides is 1. The molecule has 76 valence electrons. The third-order valence-electron chi connectivity index (χ3n) is 1.76. The number of hydrazine groups is 1. The van der Waals surface area contributed by atoms with Gasteiger partial charge in [-0.3, -0.25) is 10.2 Å². The molecule has 0 atom stereocenters. The van der Waals surface area contributed by atoms with Gasteiger partial charge in [-0.2, -0.15) is 0 Å². The largest absolute Gasteiger partial charge is 0.496 e. The summed E-state index contributed by atoms with van der Waals surface area (Å²) in [6.45, 7) is 0. The zero-order valence-corrected chi connectivity index (χ0v) is 8.47. The Morgan fingerprint density at radius 1 is 1.64 bits per heavy atom. The predicted molar refractivity (Wildman–Crippen MR) is 54.0 cm³/mol. The zero-order valence-electron chi connectivity index (χ0n) is 7.71. The molecule has 0 spiro atoms. The molecule has 0 saturated heterocycles. The van der Waals surface area contributed by atoms with Crippen molar-refractivity contribution in [2.75, 3.05) is 7.11 Å². The fourth-order valence-corrected chi connectivity index (χ4v) is 1.25. The summed E-state index contributed by atoms with van der Waals surface area (Å²) >= 11 is 5.76. The van der Waals surface area contributed by atoms with Crippen molar-refractivity contribution in [3.63, 3.8) is 0 Å². The fourth-order valence-electron chi connectivity index (χ4n) is 1.09. The maximum Gasteiger partial charge on any atom is 0.238 e. The molecule has 0 saturated carbocycles. The smallest absolute Gasteiger partial charge is 0.238 e. The second-order valence-corrected chi connectivity index (χ2v) is 3.14. The molecule has 1 aromatic carbocycles. The van der Waals surface area contributed by atoms with E-state index in [1.807, 2.05) is 0 Å². The van der Waals surface area contributed by atoms with E-state index < -0.39 is 0 Å². The van der Waals surface area contributed by atoms with E-state index in [0.717, 1.165) is 5.56 Å². The lowest BCUT2D eigenvalue weighted by atomic mass is 10.1. The Morgan fingerprint density at radius 2 is 2.36 bits per heavy atom. The molecule has 0 radical (unpaired) electrons. The van der Waals surface area contributed by atoms with Crippen molar-refractivity contribution in [3.05, 3.63) is 28.8 Å². The first-order valence-electron chi connectivity index (χ1n) is 3.99. The molecule has 4 nitrogen and oxygen atoms in total. The molecule has 1 amide bonds. The topological polar surface area (TPSA) is 64.3 Å². The van der Waals surface area contributed by atoms with Crippen molar-refractivity contribution in [2.24, 2.45) is 5.84 Å². The highest BCUT2D eigenvalue weighted by Gasteiger charge is 2.07. The second kappa shape index (κ2) is 4.83. The van der Waals surface area contributed by atoms with Gasteiger partial charge in [0, 0.05) is 10.6 Å². The number of rotatable bonds is 3. The molecule has 5 heteroatoms. The first-order valence-corrected chi connectivity index (χ1v) is 4.37. The van der Waals surface area contributed by atoms with Gasteiger partial charge in [0.15, 0.2) is 0 Å². The molecule has 0 aliphatic rings. The van der Waals surface area contributed by atoms with Crippen LogP contribution in [0.15, 0.2) is 18.2 Å². The number of benzene rings is 1. The minimum Gasteiger partial charge on any atom is -0.496 e. The lowest BCUT2D eigenvalue weighted by Gasteiger charge is -2.07. The van der Waals surface area contributed by atoms with Crippen molar-refractivity contribution < 1.29 is 9.53 Å². The van der Waals surface area contributed by atoms with Gasteiger partial charge in [0.2, 0.25) is 5.91 Å². The fraction of sp³-hybridized carbons (Fsp3) is 0.222. The molecule has 1 rings (SSSR count). The van der Waals surface area contributed by atoms with E-state index in [0.29, 0.717) is 10.8 Å². The third-order valence-corrected chi connectivity index (χ3v) is 2.00. The van der Waals surface area contributed by atoms with Gasteiger partial charge in [-0.05, 0) is 12.1 Å². The molecule has 14 heavy (non-hydrogen) atoms. The zero-order chi connectivity index (χ0) is 10.6. The maximum absolute atomic E-state index is 11.0. The summed E-state index contributed by atoms with van der Waals surface area (Å²) in [4.78, 5) is 11.0. The van der Waals surface area contributed by atoms with Crippen LogP contribution in [0.2, 0.25) is 5.02 Å². The second-order valence-electron chi connectivity index (χ2n) is 2.70. The first kappa shape index (κ1) is 10.8. The molecule has 1 aromatic rings. The maximum atomic E-state index is 11.0. The summed E-state index contributed by atoms with van der Waals surface area (Å²) in [6.07, 6.45) is 0.177. The highest BCUT2D eigenvalue weighted by atomic mass is 35.5. The minimum absolute atomic E-state index is 0.177. The number of carbonyl (C=O) groups excluding carboxylic acids is 1. The highest BCUT2D eigenvalue weighted by Crippen LogP contribution is 2.23. The first-order chi connectivity index (χ1) is 6.67. The quantitative estimate of drug-likeness (QED) is 0.446. The van der Waals surface area contributed by atoms with Crippen molar-refractivity contribution in [1.82, 2.24) is 5.43 Å². The molecular formula is C9H11ClN2O2. The highest BCUT2D eigenvalue weighted by molar-refractivity contribution is 6.30. The average molecular weight is 215 g/mol. The van der Waals surface area contributed by atoms with E-state index in [1.165, 1.54) is 7.11 Å². The van der Waals surface area contributed by atoms with Crippen molar-refractivity contribution in [3.8, 4) is 5.75 Å². The SMILES string of the molecule is COc1cc(Cl)ccc1CC(=O)NN. The summed E-state index contributed by atoms with van der Waals surface area (Å²) < 4.78 is 5.07. The van der Waals surface area contributed by atoms with Crippen LogP contribution < -0.4 is 16.0 Å². The van der Waals surface area contributed by atoms with Crippen molar-refractivity contribution in [1.29, 1.82) is 0 Å². The third kappa shape index (κ3) is 2.61. The molecule has 0 aliphatic heterocycles. The van der Waals surface area contributed by atoms with Crippen LogP contribution in [-0.2, 0) is 11.2 Å². The molecule has 3 N–H and O–H groups in total. The van der Waals surface area contributed by atoms with E-state index in [9.17, 15) is 4.79 Å². The summed E-state index contributed by atoms with van der Waals surface area (Å²) in [5.74, 6) is 5.29. The van der Waals surface area contributed by atoms with Crippen LogP contribution in [0.3, 0.4) is 0 Å². The Kier molecular flexibility index (Phi) is 3.73. The van der Waals surface area contributed by atoms with Crippen LogP contribution in [0.5, 0.6) is 5.75 Å². The van der Waals surface area contributed by atoms with E-state index in [4.69, 9.17) is 22.2 Å². The van der Waals surface area contributed by atoms with Crippen LogP contribution in [0.1, 0.15) is 5.56 Å². The molecule has 0 unspecified atom stereocenters. The molecule has 0 aromatic heterocycles. The average Bonchev–Trinajstić information content (AvgIpc) is 2.20. The van der Waals surface area contributed by atoms with Gasteiger partial charge in [-0.1, -0.05) is 17.7 Å². The van der Waals surface area contributed by atoms with E-state index in [1.54, 1.807) is 18.2 Å². The molecule has 0 fully saturated rings. The van der Waals surface area contributed by atoms with E-state index >= 15 is 0 Å². The number of ether oxygens (including phenoxy) is 1. The number of hydrogen-bond acceptors (Lipinski definition) is 3. The van der Waals surface area contributed by atoms with Crippen LogP contribution in [-0.4, -0.2) is 13.0 Å². The Balaban J connectivity index is 2.90. The van der Waals surface area contributed by atoms with Gasteiger partial charge in [0.1, 0.15) is 5.75 Å². The van der Waals surface area contributed by atoms with E-state index in [2.05, 4.69) is 5.43 Å². The number of carbonyl (C=O) groups is 1. The summed E-state index contributed by atoms with van der Waals surface area (Å²) in [5, 5.41) is 0.568. The lowest BCUT2D eigenvalue weighted by molar-refractivity contribution is -0.120. The number of methoxy groups -OCH3 is 1. The van der Waals surface area contributed by atoms with Gasteiger partial charge in [0.25, 0.3) is 0 Å². The van der Waals surface area contributed by atoms with Crippen LogP contribution in [0.25, 0.3) is 0 Å². The standard InChI is InChI=1S/C9H11ClN2O2/c1-14-8-5-7(10)3-2-6(8)4-9(13)12-11/h2-3,5H,4,11H2,1H3,(H,12,13). The summed E-state index contributed by atoms with van der Waals surface area (Å²) in [7, 11) is 1.52. The monoisotopic (exact) mass is 214 g/mol. The Hall–Kier alpha value is -1.26.